The number of carbonyl (C=O) groups is 2. The first-order valence-corrected chi connectivity index (χ1v) is 8.41. The van der Waals surface area contributed by atoms with Gasteiger partial charge in [-0.15, -0.1) is 0 Å². The molecular weight excluding hydrogens is 347 g/mol. The number of benzene rings is 2. The summed E-state index contributed by atoms with van der Waals surface area (Å²) in [6, 6.07) is 14.1. The second-order valence-corrected chi connectivity index (χ2v) is 6.36. The number of hydrogen-bond donors (Lipinski definition) is 0. The second-order valence-electron chi connectivity index (χ2n) is 5.55. The molecule has 0 radical (unpaired) electrons. The van der Waals surface area contributed by atoms with E-state index in [4.69, 9.17) is 23.2 Å². The van der Waals surface area contributed by atoms with Crippen molar-refractivity contribution < 1.29 is 9.59 Å². The first-order chi connectivity index (χ1) is 11.6. The minimum atomic E-state index is -0.197. The molecule has 24 heavy (non-hydrogen) atoms. The summed E-state index contributed by atoms with van der Waals surface area (Å²) < 4.78 is 0. The number of hydrogen-bond acceptors (Lipinski definition) is 2. The molecule has 0 atom stereocenters. The van der Waals surface area contributed by atoms with Gasteiger partial charge in [0.05, 0.1) is 15.6 Å². The molecule has 4 nitrogen and oxygen atoms in total. The average molecular weight is 363 g/mol. The minimum Gasteiger partial charge on any atom is -0.335 e. The molecular formula is C18H16Cl2N2O2. The molecule has 0 unspecified atom stereocenters. The summed E-state index contributed by atoms with van der Waals surface area (Å²) in [5.41, 5.74) is 0.982. The van der Waals surface area contributed by atoms with Crippen molar-refractivity contribution in [2.45, 2.75) is 0 Å². The van der Waals surface area contributed by atoms with Gasteiger partial charge in [0.15, 0.2) is 0 Å². The smallest absolute Gasteiger partial charge is 0.257 e. The highest BCUT2D eigenvalue weighted by molar-refractivity contribution is 6.39. The lowest BCUT2D eigenvalue weighted by molar-refractivity contribution is 0.0535. The molecule has 0 saturated carbocycles. The Labute approximate surface area is 150 Å². The van der Waals surface area contributed by atoms with E-state index in [9.17, 15) is 9.59 Å². The van der Waals surface area contributed by atoms with Gasteiger partial charge in [-0.1, -0.05) is 47.5 Å². The van der Waals surface area contributed by atoms with Crippen LogP contribution in [0.5, 0.6) is 0 Å². The van der Waals surface area contributed by atoms with Crippen LogP contribution in [0.15, 0.2) is 48.5 Å². The molecule has 3 rings (SSSR count). The van der Waals surface area contributed by atoms with Crippen molar-refractivity contribution in [2.75, 3.05) is 26.2 Å². The Hall–Kier alpha value is -2.04. The Bertz CT molecular complexity index is 737. The van der Waals surface area contributed by atoms with Crippen LogP contribution in [0.3, 0.4) is 0 Å². The zero-order valence-corrected chi connectivity index (χ0v) is 14.4. The average Bonchev–Trinajstić information content (AvgIpc) is 2.62. The zero-order valence-electron chi connectivity index (χ0n) is 12.9. The Morgan fingerprint density at radius 1 is 0.708 bits per heavy atom. The summed E-state index contributed by atoms with van der Waals surface area (Å²) in [6.45, 7) is 1.89. The van der Waals surface area contributed by atoms with Gasteiger partial charge in [0.25, 0.3) is 11.8 Å². The topological polar surface area (TPSA) is 40.6 Å². The van der Waals surface area contributed by atoms with E-state index in [1.807, 2.05) is 18.2 Å². The molecule has 6 heteroatoms. The zero-order chi connectivity index (χ0) is 17.1. The van der Waals surface area contributed by atoms with Crippen molar-refractivity contribution in [3.05, 3.63) is 69.7 Å². The third-order valence-corrected chi connectivity index (χ3v) is 4.68. The fourth-order valence-corrected chi connectivity index (χ4v) is 3.30. The van der Waals surface area contributed by atoms with Crippen LogP contribution in [0.4, 0.5) is 0 Å². The number of rotatable bonds is 2. The fraction of sp³-hybridized carbons (Fsp3) is 0.222. The predicted octanol–water partition coefficient (Wildman–Crippen LogP) is 3.59. The van der Waals surface area contributed by atoms with E-state index in [1.165, 1.54) is 0 Å². The van der Waals surface area contributed by atoms with Gasteiger partial charge >= 0.3 is 0 Å². The summed E-state index contributed by atoms with van der Waals surface area (Å²) in [7, 11) is 0. The molecule has 0 N–H and O–H groups in total. The summed E-state index contributed by atoms with van der Waals surface area (Å²) in [4.78, 5) is 28.5. The van der Waals surface area contributed by atoms with Gasteiger partial charge in [0.1, 0.15) is 0 Å². The van der Waals surface area contributed by atoms with E-state index >= 15 is 0 Å². The second kappa shape index (κ2) is 7.24. The molecule has 124 valence electrons. The van der Waals surface area contributed by atoms with Crippen LogP contribution in [0.1, 0.15) is 20.7 Å². The lowest BCUT2D eigenvalue weighted by Crippen LogP contribution is -2.50. The molecule has 1 saturated heterocycles. The van der Waals surface area contributed by atoms with Crippen LogP contribution in [0.25, 0.3) is 0 Å². The number of nitrogens with zero attached hydrogens (tertiary/aromatic N) is 2. The van der Waals surface area contributed by atoms with Crippen molar-refractivity contribution in [2.24, 2.45) is 0 Å². The molecule has 1 heterocycles. The van der Waals surface area contributed by atoms with Crippen molar-refractivity contribution in [3.63, 3.8) is 0 Å². The van der Waals surface area contributed by atoms with E-state index in [2.05, 4.69) is 0 Å². The van der Waals surface area contributed by atoms with Crippen molar-refractivity contribution in [1.82, 2.24) is 9.80 Å². The molecule has 2 aromatic carbocycles. The number of piperazine rings is 1. The standard InChI is InChI=1S/C18H16Cl2N2O2/c19-14-7-4-8-15(20)16(14)18(24)22-11-9-21(10-12-22)17(23)13-5-2-1-3-6-13/h1-8H,9-12H2. The molecule has 1 fully saturated rings. The quantitative estimate of drug-likeness (QED) is 0.818. The lowest BCUT2D eigenvalue weighted by atomic mass is 10.1. The van der Waals surface area contributed by atoms with Crippen molar-refractivity contribution in [3.8, 4) is 0 Å². The number of halogens is 2. The molecule has 1 aliphatic rings. The summed E-state index contributed by atoms with van der Waals surface area (Å²) in [5.74, 6) is -0.212. The fourth-order valence-electron chi connectivity index (χ4n) is 2.74. The minimum absolute atomic E-state index is 0.0153. The normalized spacial score (nSPS) is 14.6. The van der Waals surface area contributed by atoms with Crippen LogP contribution in [0.2, 0.25) is 10.0 Å². The van der Waals surface area contributed by atoms with Crippen LogP contribution < -0.4 is 0 Å². The molecule has 0 bridgehead atoms. The predicted molar refractivity (Wildman–Crippen MR) is 94.7 cm³/mol. The summed E-state index contributed by atoms with van der Waals surface area (Å²) in [6.07, 6.45) is 0. The van der Waals surface area contributed by atoms with Crippen molar-refractivity contribution in [1.29, 1.82) is 0 Å². The summed E-state index contributed by atoms with van der Waals surface area (Å²) >= 11 is 12.2. The maximum absolute atomic E-state index is 12.6. The highest BCUT2D eigenvalue weighted by Gasteiger charge is 2.27. The lowest BCUT2D eigenvalue weighted by Gasteiger charge is -2.35. The monoisotopic (exact) mass is 362 g/mol. The van der Waals surface area contributed by atoms with Crippen LogP contribution in [0, 0.1) is 0 Å². The molecule has 0 aromatic heterocycles. The van der Waals surface area contributed by atoms with E-state index in [0.29, 0.717) is 47.4 Å². The maximum atomic E-state index is 12.6. The molecule has 2 amide bonds. The highest BCUT2D eigenvalue weighted by atomic mass is 35.5. The summed E-state index contributed by atoms with van der Waals surface area (Å²) in [5, 5.41) is 0.686. The Morgan fingerprint density at radius 3 is 1.75 bits per heavy atom. The molecule has 1 aliphatic heterocycles. The number of amides is 2. The largest absolute Gasteiger partial charge is 0.335 e. The number of carbonyl (C=O) groups excluding carboxylic acids is 2. The SMILES string of the molecule is O=C(c1ccccc1)N1CCN(C(=O)c2c(Cl)cccc2Cl)CC1. The van der Waals surface area contributed by atoms with Gasteiger partial charge in [0.2, 0.25) is 0 Å². The molecule has 0 aliphatic carbocycles. The van der Waals surface area contributed by atoms with Crippen molar-refractivity contribution >= 4 is 35.0 Å². The van der Waals surface area contributed by atoms with E-state index in [0.717, 1.165) is 0 Å². The Morgan fingerprint density at radius 2 is 1.21 bits per heavy atom. The Kier molecular flexibility index (Phi) is 5.07. The van der Waals surface area contributed by atoms with Gasteiger partial charge in [0, 0.05) is 31.7 Å². The first kappa shape index (κ1) is 16.8. The third kappa shape index (κ3) is 3.40. The van der Waals surface area contributed by atoms with Gasteiger partial charge < -0.3 is 9.80 Å². The first-order valence-electron chi connectivity index (χ1n) is 7.65. The Balaban J connectivity index is 1.67. The van der Waals surface area contributed by atoms with Gasteiger partial charge in [-0.25, -0.2) is 0 Å². The van der Waals surface area contributed by atoms with Gasteiger partial charge in [-0.3, -0.25) is 9.59 Å². The van der Waals surface area contributed by atoms with E-state index < -0.39 is 0 Å². The van der Waals surface area contributed by atoms with Crippen LogP contribution in [-0.2, 0) is 0 Å². The van der Waals surface area contributed by atoms with Crippen LogP contribution in [-0.4, -0.2) is 47.8 Å². The molecule has 2 aromatic rings. The van der Waals surface area contributed by atoms with E-state index in [-0.39, 0.29) is 11.8 Å². The third-order valence-electron chi connectivity index (χ3n) is 4.05. The van der Waals surface area contributed by atoms with Gasteiger partial charge in [-0.2, -0.15) is 0 Å². The molecule has 0 spiro atoms. The van der Waals surface area contributed by atoms with E-state index in [1.54, 1.807) is 40.1 Å². The van der Waals surface area contributed by atoms with Gasteiger partial charge in [-0.05, 0) is 24.3 Å². The highest BCUT2D eigenvalue weighted by Crippen LogP contribution is 2.26. The maximum Gasteiger partial charge on any atom is 0.257 e. The van der Waals surface area contributed by atoms with Crippen LogP contribution >= 0.6 is 23.2 Å².